The molecule has 1 aliphatic rings. The van der Waals surface area contributed by atoms with Gasteiger partial charge in [0.05, 0.1) is 28.4 Å². The molecule has 1 N–H and O–H groups in total. The molecule has 0 radical (unpaired) electrons. The SMILES string of the molecule is COCC(Nc1c(Cl)cccc1Cl)C1CC1. The van der Waals surface area contributed by atoms with Crippen LogP contribution in [0.25, 0.3) is 0 Å². The number of anilines is 1. The summed E-state index contributed by atoms with van der Waals surface area (Å²) < 4.78 is 5.21. The lowest BCUT2D eigenvalue weighted by Gasteiger charge is -2.20. The topological polar surface area (TPSA) is 21.3 Å². The van der Waals surface area contributed by atoms with E-state index in [4.69, 9.17) is 27.9 Å². The molecule has 4 heteroatoms. The molecule has 1 aliphatic carbocycles. The summed E-state index contributed by atoms with van der Waals surface area (Å²) in [5.41, 5.74) is 0.819. The van der Waals surface area contributed by atoms with Gasteiger partial charge in [0.25, 0.3) is 0 Å². The second-order valence-corrected chi connectivity index (χ2v) is 4.95. The van der Waals surface area contributed by atoms with E-state index in [1.54, 1.807) is 7.11 Å². The van der Waals surface area contributed by atoms with Crippen LogP contribution < -0.4 is 5.32 Å². The lowest BCUT2D eigenvalue weighted by atomic mass is 10.2. The third-order valence-corrected chi connectivity index (χ3v) is 3.46. The van der Waals surface area contributed by atoms with Crippen LogP contribution in [0.5, 0.6) is 0 Å². The van der Waals surface area contributed by atoms with E-state index < -0.39 is 0 Å². The molecule has 16 heavy (non-hydrogen) atoms. The first kappa shape index (κ1) is 12.0. The maximum atomic E-state index is 6.11. The van der Waals surface area contributed by atoms with E-state index in [1.165, 1.54) is 12.8 Å². The molecule has 0 amide bonds. The summed E-state index contributed by atoms with van der Waals surface area (Å²) >= 11 is 12.2. The Hall–Kier alpha value is -0.440. The van der Waals surface area contributed by atoms with Crippen LogP contribution in [-0.2, 0) is 4.74 Å². The summed E-state index contributed by atoms with van der Waals surface area (Å²) in [6.45, 7) is 0.687. The quantitative estimate of drug-likeness (QED) is 0.868. The van der Waals surface area contributed by atoms with Gasteiger partial charge in [0, 0.05) is 7.11 Å². The third kappa shape index (κ3) is 2.82. The molecule has 0 aromatic heterocycles. The van der Waals surface area contributed by atoms with Crippen molar-refractivity contribution in [1.82, 2.24) is 0 Å². The first-order valence-corrected chi connectivity index (χ1v) is 6.17. The van der Waals surface area contributed by atoms with E-state index >= 15 is 0 Å². The van der Waals surface area contributed by atoms with Crippen molar-refractivity contribution < 1.29 is 4.74 Å². The minimum absolute atomic E-state index is 0.308. The largest absolute Gasteiger partial charge is 0.383 e. The fraction of sp³-hybridized carbons (Fsp3) is 0.500. The molecular formula is C12H15Cl2NO. The van der Waals surface area contributed by atoms with E-state index in [1.807, 2.05) is 18.2 Å². The zero-order chi connectivity index (χ0) is 11.5. The molecule has 88 valence electrons. The maximum absolute atomic E-state index is 6.11. The first-order chi connectivity index (χ1) is 7.72. The number of rotatable bonds is 5. The monoisotopic (exact) mass is 259 g/mol. The molecule has 1 aromatic carbocycles. The highest BCUT2D eigenvalue weighted by atomic mass is 35.5. The predicted molar refractivity (Wildman–Crippen MR) is 68.5 cm³/mol. The zero-order valence-corrected chi connectivity index (χ0v) is 10.7. The third-order valence-electron chi connectivity index (χ3n) is 2.83. The zero-order valence-electron chi connectivity index (χ0n) is 9.17. The van der Waals surface area contributed by atoms with Crippen molar-refractivity contribution >= 4 is 28.9 Å². The van der Waals surface area contributed by atoms with E-state index in [9.17, 15) is 0 Å². The van der Waals surface area contributed by atoms with Gasteiger partial charge in [0.15, 0.2) is 0 Å². The smallest absolute Gasteiger partial charge is 0.0721 e. The molecule has 1 fully saturated rings. The lowest BCUT2D eigenvalue weighted by molar-refractivity contribution is 0.179. The molecule has 0 saturated heterocycles. The van der Waals surface area contributed by atoms with E-state index in [-0.39, 0.29) is 0 Å². The van der Waals surface area contributed by atoms with Gasteiger partial charge in [-0.05, 0) is 30.9 Å². The molecular weight excluding hydrogens is 245 g/mol. The maximum Gasteiger partial charge on any atom is 0.0721 e. The van der Waals surface area contributed by atoms with Crippen molar-refractivity contribution in [2.24, 2.45) is 5.92 Å². The minimum Gasteiger partial charge on any atom is -0.383 e. The number of halogens is 2. The second-order valence-electron chi connectivity index (χ2n) is 4.14. The van der Waals surface area contributed by atoms with Crippen molar-refractivity contribution in [3.8, 4) is 0 Å². The summed E-state index contributed by atoms with van der Waals surface area (Å²) in [7, 11) is 1.71. The summed E-state index contributed by atoms with van der Waals surface area (Å²) in [6.07, 6.45) is 2.51. The average molecular weight is 260 g/mol. The van der Waals surface area contributed by atoms with Crippen LogP contribution in [0, 0.1) is 5.92 Å². The molecule has 0 spiro atoms. The van der Waals surface area contributed by atoms with Crippen molar-refractivity contribution in [2.45, 2.75) is 18.9 Å². The van der Waals surface area contributed by atoms with Gasteiger partial charge in [-0.2, -0.15) is 0 Å². The Bertz CT molecular complexity index is 346. The molecule has 1 atom stereocenters. The molecule has 0 heterocycles. The van der Waals surface area contributed by atoms with Gasteiger partial charge in [-0.3, -0.25) is 0 Å². The van der Waals surface area contributed by atoms with Crippen molar-refractivity contribution in [1.29, 1.82) is 0 Å². The number of methoxy groups -OCH3 is 1. The van der Waals surface area contributed by atoms with Gasteiger partial charge in [0.2, 0.25) is 0 Å². The van der Waals surface area contributed by atoms with Crippen molar-refractivity contribution in [3.05, 3.63) is 28.2 Å². The van der Waals surface area contributed by atoms with Crippen LogP contribution in [0.3, 0.4) is 0 Å². The second kappa shape index (κ2) is 5.26. The Balaban J connectivity index is 2.11. The number of para-hydroxylation sites is 1. The number of benzene rings is 1. The van der Waals surface area contributed by atoms with Crippen molar-refractivity contribution in [2.75, 3.05) is 19.0 Å². The fourth-order valence-electron chi connectivity index (χ4n) is 1.79. The average Bonchev–Trinajstić information content (AvgIpc) is 3.06. The summed E-state index contributed by atoms with van der Waals surface area (Å²) in [5.74, 6) is 0.687. The summed E-state index contributed by atoms with van der Waals surface area (Å²) in [6, 6.07) is 5.83. The lowest BCUT2D eigenvalue weighted by Crippen LogP contribution is -2.27. The molecule has 1 saturated carbocycles. The van der Waals surface area contributed by atoms with Crippen LogP contribution in [0.4, 0.5) is 5.69 Å². The molecule has 1 unspecified atom stereocenters. The van der Waals surface area contributed by atoms with Crippen molar-refractivity contribution in [3.63, 3.8) is 0 Å². The van der Waals surface area contributed by atoms with Gasteiger partial charge in [-0.15, -0.1) is 0 Å². The Morgan fingerprint density at radius 2 is 2.00 bits per heavy atom. The molecule has 0 bridgehead atoms. The fourth-order valence-corrected chi connectivity index (χ4v) is 2.30. The summed E-state index contributed by atoms with van der Waals surface area (Å²) in [5, 5.41) is 4.71. The Kier molecular flexibility index (Phi) is 3.95. The standard InChI is InChI=1S/C12H15Cl2NO/c1-16-7-11(8-5-6-8)15-12-9(13)3-2-4-10(12)14/h2-4,8,11,15H,5-7H2,1H3. The number of hydrogen-bond donors (Lipinski definition) is 1. The van der Waals surface area contributed by atoms with Gasteiger partial charge in [-0.1, -0.05) is 29.3 Å². The van der Waals surface area contributed by atoms with Gasteiger partial charge in [-0.25, -0.2) is 0 Å². The van der Waals surface area contributed by atoms with E-state index in [2.05, 4.69) is 5.32 Å². The van der Waals surface area contributed by atoms with Crippen LogP contribution in [0.15, 0.2) is 18.2 Å². The molecule has 2 rings (SSSR count). The van der Waals surface area contributed by atoms with Crippen LogP contribution >= 0.6 is 23.2 Å². The highest BCUT2D eigenvalue weighted by Crippen LogP contribution is 2.37. The Labute approximate surface area is 106 Å². The van der Waals surface area contributed by atoms with Crippen LogP contribution in [0.1, 0.15) is 12.8 Å². The van der Waals surface area contributed by atoms with Gasteiger partial charge >= 0.3 is 0 Å². The highest BCUT2D eigenvalue weighted by Gasteiger charge is 2.31. The number of nitrogens with one attached hydrogen (secondary N) is 1. The van der Waals surface area contributed by atoms with Gasteiger partial charge in [0.1, 0.15) is 0 Å². The normalized spacial score (nSPS) is 17.2. The first-order valence-electron chi connectivity index (χ1n) is 5.42. The number of hydrogen-bond acceptors (Lipinski definition) is 2. The molecule has 0 aliphatic heterocycles. The van der Waals surface area contributed by atoms with Gasteiger partial charge < -0.3 is 10.1 Å². The van der Waals surface area contributed by atoms with E-state index in [0.717, 1.165) is 5.69 Å². The molecule has 2 nitrogen and oxygen atoms in total. The Morgan fingerprint density at radius 1 is 1.38 bits per heavy atom. The Morgan fingerprint density at radius 3 is 2.50 bits per heavy atom. The van der Waals surface area contributed by atoms with Crippen LogP contribution in [-0.4, -0.2) is 19.8 Å². The van der Waals surface area contributed by atoms with Crippen LogP contribution in [0.2, 0.25) is 10.0 Å². The highest BCUT2D eigenvalue weighted by molar-refractivity contribution is 6.39. The molecule has 1 aromatic rings. The van der Waals surface area contributed by atoms with E-state index in [0.29, 0.717) is 28.6 Å². The predicted octanol–water partition coefficient (Wildman–Crippen LogP) is 3.83. The summed E-state index contributed by atoms with van der Waals surface area (Å²) in [4.78, 5) is 0. The number of ether oxygens (including phenoxy) is 1. The minimum atomic E-state index is 0.308.